The Bertz CT molecular complexity index is 613. The molecule has 0 radical (unpaired) electrons. The number of amides is 2. The Morgan fingerprint density at radius 2 is 2.08 bits per heavy atom. The van der Waals surface area contributed by atoms with Crippen molar-refractivity contribution in [3.8, 4) is 0 Å². The van der Waals surface area contributed by atoms with Gasteiger partial charge in [0.25, 0.3) is 0 Å². The van der Waals surface area contributed by atoms with Crippen molar-refractivity contribution >= 4 is 11.8 Å². The molecule has 2 saturated heterocycles. The average molecular weight is 347 g/mol. The molecule has 2 aliphatic heterocycles. The van der Waals surface area contributed by atoms with E-state index in [9.17, 15) is 9.59 Å². The lowest BCUT2D eigenvalue weighted by molar-refractivity contribution is -0.135. The van der Waals surface area contributed by atoms with Gasteiger partial charge in [-0.05, 0) is 19.1 Å². The van der Waals surface area contributed by atoms with E-state index in [1.807, 2.05) is 42.7 Å². The van der Waals surface area contributed by atoms with Crippen molar-refractivity contribution in [2.45, 2.75) is 33.7 Å². The zero-order valence-corrected chi connectivity index (χ0v) is 15.5. The van der Waals surface area contributed by atoms with Crippen LogP contribution in [-0.4, -0.2) is 65.8 Å². The van der Waals surface area contributed by atoms with Crippen molar-refractivity contribution in [2.75, 3.05) is 39.3 Å². The van der Waals surface area contributed by atoms with E-state index in [2.05, 4.69) is 4.90 Å². The summed E-state index contributed by atoms with van der Waals surface area (Å²) in [5, 5.41) is 0. The van der Waals surface area contributed by atoms with E-state index < -0.39 is 0 Å². The van der Waals surface area contributed by atoms with Gasteiger partial charge in [-0.1, -0.05) is 13.8 Å². The number of carbonyl (C=O) groups is 2. The Morgan fingerprint density at radius 3 is 2.68 bits per heavy atom. The minimum absolute atomic E-state index is 0.0203. The third-order valence-electron chi connectivity index (χ3n) is 5.32. The minimum Gasteiger partial charge on any atom is -0.468 e. The molecule has 25 heavy (non-hydrogen) atoms. The number of carbonyl (C=O) groups excluding carboxylic acids is 2. The van der Waals surface area contributed by atoms with Gasteiger partial charge in [-0.15, -0.1) is 0 Å². The van der Waals surface area contributed by atoms with Gasteiger partial charge >= 0.3 is 0 Å². The van der Waals surface area contributed by atoms with Gasteiger partial charge in [0.05, 0.1) is 12.8 Å². The standard InChI is InChI=1S/C19H29N3O3/c1-4-21-13-19(10-17(21)23)12-20(11-16-6-5-9-25-16)7-8-22(14-19)18(24)15(2)3/h5-6,9,15H,4,7-8,10-14H2,1-3H3/t19-/m1/s1. The van der Waals surface area contributed by atoms with E-state index in [0.717, 1.165) is 38.5 Å². The fourth-order valence-corrected chi connectivity index (χ4v) is 4.14. The van der Waals surface area contributed by atoms with E-state index in [4.69, 9.17) is 4.42 Å². The lowest BCUT2D eigenvalue weighted by Crippen LogP contribution is -2.45. The molecule has 0 unspecified atom stereocenters. The van der Waals surface area contributed by atoms with Crippen LogP contribution in [0, 0.1) is 11.3 Å². The molecule has 1 atom stereocenters. The first-order valence-electron chi connectivity index (χ1n) is 9.24. The van der Waals surface area contributed by atoms with Crippen LogP contribution in [-0.2, 0) is 16.1 Å². The van der Waals surface area contributed by atoms with Crippen LogP contribution in [0.25, 0.3) is 0 Å². The maximum absolute atomic E-state index is 12.6. The van der Waals surface area contributed by atoms with E-state index in [0.29, 0.717) is 19.5 Å². The number of likely N-dealkylation sites (tertiary alicyclic amines) is 1. The summed E-state index contributed by atoms with van der Waals surface area (Å²) in [5.41, 5.74) is -0.180. The first-order valence-corrected chi connectivity index (χ1v) is 9.24. The molecule has 6 heteroatoms. The molecular weight excluding hydrogens is 318 g/mol. The highest BCUT2D eigenvalue weighted by molar-refractivity contribution is 5.81. The molecular formula is C19H29N3O3. The molecule has 3 heterocycles. The minimum atomic E-state index is -0.180. The van der Waals surface area contributed by atoms with Crippen molar-refractivity contribution in [1.29, 1.82) is 0 Å². The first-order chi connectivity index (χ1) is 11.9. The number of hydrogen-bond donors (Lipinski definition) is 0. The van der Waals surface area contributed by atoms with Crippen LogP contribution < -0.4 is 0 Å². The molecule has 0 N–H and O–H groups in total. The van der Waals surface area contributed by atoms with Crippen LogP contribution in [0.5, 0.6) is 0 Å². The Labute approximate surface area is 149 Å². The summed E-state index contributed by atoms with van der Waals surface area (Å²) in [6.45, 7) is 11.1. The van der Waals surface area contributed by atoms with Gasteiger partial charge in [0.1, 0.15) is 5.76 Å². The predicted octanol–water partition coefficient (Wildman–Crippen LogP) is 1.82. The molecule has 3 rings (SSSR count). The summed E-state index contributed by atoms with van der Waals surface area (Å²) in [6.07, 6.45) is 2.22. The number of hydrogen-bond acceptors (Lipinski definition) is 4. The molecule has 6 nitrogen and oxygen atoms in total. The van der Waals surface area contributed by atoms with Gasteiger partial charge in [0.15, 0.2) is 0 Å². The third kappa shape index (κ3) is 3.89. The number of nitrogens with zero attached hydrogens (tertiary/aromatic N) is 3. The van der Waals surface area contributed by atoms with Crippen molar-refractivity contribution in [3.05, 3.63) is 24.2 Å². The van der Waals surface area contributed by atoms with Gasteiger partial charge in [-0.25, -0.2) is 0 Å². The Morgan fingerprint density at radius 1 is 1.28 bits per heavy atom. The second kappa shape index (κ2) is 7.20. The van der Waals surface area contributed by atoms with Crippen molar-refractivity contribution < 1.29 is 14.0 Å². The zero-order valence-electron chi connectivity index (χ0n) is 15.5. The highest BCUT2D eigenvalue weighted by Gasteiger charge is 2.46. The van der Waals surface area contributed by atoms with Crippen LogP contribution in [0.15, 0.2) is 22.8 Å². The quantitative estimate of drug-likeness (QED) is 0.834. The molecule has 1 aromatic heterocycles. The van der Waals surface area contributed by atoms with Gasteiger partial charge in [-0.2, -0.15) is 0 Å². The van der Waals surface area contributed by atoms with Gasteiger partial charge < -0.3 is 14.2 Å². The van der Waals surface area contributed by atoms with Crippen molar-refractivity contribution in [2.24, 2.45) is 11.3 Å². The van der Waals surface area contributed by atoms with E-state index in [-0.39, 0.29) is 23.1 Å². The van der Waals surface area contributed by atoms with Gasteiger partial charge in [0, 0.05) is 57.0 Å². The lowest BCUT2D eigenvalue weighted by atomic mass is 9.85. The highest BCUT2D eigenvalue weighted by atomic mass is 16.3. The van der Waals surface area contributed by atoms with Crippen LogP contribution in [0.1, 0.15) is 33.0 Å². The van der Waals surface area contributed by atoms with E-state index in [1.54, 1.807) is 6.26 Å². The molecule has 0 saturated carbocycles. The Hall–Kier alpha value is -1.82. The summed E-state index contributed by atoms with van der Waals surface area (Å²) in [7, 11) is 0. The third-order valence-corrected chi connectivity index (χ3v) is 5.32. The molecule has 0 bridgehead atoms. The second-order valence-corrected chi connectivity index (χ2v) is 7.79. The Balaban J connectivity index is 1.82. The normalized spacial score (nSPS) is 25.2. The SMILES string of the molecule is CCN1C[C@@]2(CC1=O)CN(Cc1ccco1)CCN(C(=O)C(C)C)C2. The maximum atomic E-state index is 12.6. The number of furan rings is 1. The Kier molecular flexibility index (Phi) is 5.18. The van der Waals surface area contributed by atoms with Crippen LogP contribution in [0.3, 0.4) is 0 Å². The van der Waals surface area contributed by atoms with Gasteiger partial charge in [0.2, 0.25) is 11.8 Å². The van der Waals surface area contributed by atoms with Gasteiger partial charge in [-0.3, -0.25) is 14.5 Å². The lowest BCUT2D eigenvalue weighted by Gasteiger charge is -2.34. The molecule has 2 amide bonds. The highest BCUT2D eigenvalue weighted by Crippen LogP contribution is 2.35. The first kappa shape index (κ1) is 18.0. The average Bonchev–Trinajstić information content (AvgIpc) is 3.13. The largest absolute Gasteiger partial charge is 0.468 e. The molecule has 2 fully saturated rings. The topological polar surface area (TPSA) is 57.0 Å². The summed E-state index contributed by atoms with van der Waals surface area (Å²) < 4.78 is 5.50. The summed E-state index contributed by atoms with van der Waals surface area (Å²) in [5.74, 6) is 1.30. The van der Waals surface area contributed by atoms with Crippen molar-refractivity contribution in [1.82, 2.24) is 14.7 Å². The maximum Gasteiger partial charge on any atom is 0.225 e. The molecule has 138 valence electrons. The molecule has 2 aliphatic rings. The molecule has 1 spiro atoms. The smallest absolute Gasteiger partial charge is 0.225 e. The molecule has 0 aliphatic carbocycles. The second-order valence-electron chi connectivity index (χ2n) is 7.79. The molecule has 0 aromatic carbocycles. The van der Waals surface area contributed by atoms with Crippen LogP contribution >= 0.6 is 0 Å². The zero-order chi connectivity index (χ0) is 18.0. The summed E-state index contributed by atoms with van der Waals surface area (Å²) in [6, 6.07) is 3.88. The summed E-state index contributed by atoms with van der Waals surface area (Å²) in [4.78, 5) is 31.3. The van der Waals surface area contributed by atoms with E-state index >= 15 is 0 Å². The molecule has 1 aromatic rings. The number of rotatable bonds is 4. The van der Waals surface area contributed by atoms with E-state index in [1.165, 1.54) is 0 Å². The van der Waals surface area contributed by atoms with Crippen LogP contribution in [0.4, 0.5) is 0 Å². The fourth-order valence-electron chi connectivity index (χ4n) is 4.14. The van der Waals surface area contributed by atoms with Crippen molar-refractivity contribution in [3.63, 3.8) is 0 Å². The summed E-state index contributed by atoms with van der Waals surface area (Å²) >= 11 is 0. The fraction of sp³-hybridized carbons (Fsp3) is 0.684. The predicted molar refractivity (Wildman–Crippen MR) is 94.7 cm³/mol. The van der Waals surface area contributed by atoms with Crippen LogP contribution in [0.2, 0.25) is 0 Å². The monoisotopic (exact) mass is 347 g/mol.